The van der Waals surface area contributed by atoms with Crippen LogP contribution in [0.5, 0.6) is 0 Å². The molecule has 1 aromatic rings. The molecular weight excluding hydrogens is 308 g/mol. The fraction of sp³-hybridized carbons (Fsp3) is 0.556. The van der Waals surface area contributed by atoms with Gasteiger partial charge in [0.25, 0.3) is 5.91 Å². The van der Waals surface area contributed by atoms with Gasteiger partial charge in [0.2, 0.25) is 5.91 Å². The topological polar surface area (TPSA) is 76.7 Å². The van der Waals surface area contributed by atoms with Crippen molar-refractivity contribution in [3.8, 4) is 0 Å². The Labute approximate surface area is 141 Å². The highest BCUT2D eigenvalue weighted by atomic mass is 16.5. The van der Waals surface area contributed by atoms with Crippen LogP contribution in [0.1, 0.15) is 48.1 Å². The van der Waals surface area contributed by atoms with E-state index in [0.29, 0.717) is 25.3 Å². The standard InChI is InChI=1S/C18H24N2O4/c1-2-24-18(8-5-9-23-12-18)11-19-16(21)10-15-13-6-3-4-7-14(13)17(22)20-15/h3-4,6-7,15H,2,5,8-12H2,1H3,(H,19,21)(H,20,22). The number of amides is 2. The van der Waals surface area contributed by atoms with Gasteiger partial charge in [-0.25, -0.2) is 0 Å². The zero-order valence-corrected chi connectivity index (χ0v) is 14.0. The summed E-state index contributed by atoms with van der Waals surface area (Å²) in [5.41, 5.74) is 1.11. The Morgan fingerprint density at radius 2 is 2.29 bits per heavy atom. The first kappa shape index (κ1) is 16.9. The minimum absolute atomic E-state index is 0.0957. The molecule has 2 amide bonds. The molecule has 6 heteroatoms. The molecule has 2 N–H and O–H groups in total. The normalized spacial score (nSPS) is 25.9. The van der Waals surface area contributed by atoms with E-state index in [0.717, 1.165) is 25.0 Å². The molecule has 0 aromatic heterocycles. The number of benzene rings is 1. The van der Waals surface area contributed by atoms with Crippen molar-refractivity contribution in [2.24, 2.45) is 0 Å². The largest absolute Gasteiger partial charge is 0.378 e. The van der Waals surface area contributed by atoms with Crippen LogP contribution in [0.25, 0.3) is 0 Å². The summed E-state index contributed by atoms with van der Waals surface area (Å²) in [5.74, 6) is -0.212. The van der Waals surface area contributed by atoms with Gasteiger partial charge in [-0.05, 0) is 31.4 Å². The minimum atomic E-state index is -0.431. The first-order chi connectivity index (χ1) is 11.6. The van der Waals surface area contributed by atoms with E-state index in [1.807, 2.05) is 25.1 Å². The molecule has 2 heterocycles. The van der Waals surface area contributed by atoms with E-state index in [1.165, 1.54) is 0 Å². The van der Waals surface area contributed by atoms with Gasteiger partial charge in [0, 0.05) is 25.3 Å². The number of rotatable bonds is 6. The summed E-state index contributed by atoms with van der Waals surface area (Å²) in [7, 11) is 0. The van der Waals surface area contributed by atoms with Gasteiger partial charge in [-0.2, -0.15) is 0 Å². The monoisotopic (exact) mass is 332 g/mol. The fourth-order valence-electron chi connectivity index (χ4n) is 3.44. The second-order valence-electron chi connectivity index (χ2n) is 6.37. The van der Waals surface area contributed by atoms with E-state index in [4.69, 9.17) is 9.47 Å². The molecule has 2 aliphatic rings. The lowest BCUT2D eigenvalue weighted by Crippen LogP contribution is -2.51. The van der Waals surface area contributed by atoms with E-state index in [1.54, 1.807) is 6.07 Å². The third-order valence-electron chi connectivity index (χ3n) is 4.62. The number of carbonyl (C=O) groups excluding carboxylic acids is 2. The summed E-state index contributed by atoms with van der Waals surface area (Å²) < 4.78 is 11.4. The lowest BCUT2D eigenvalue weighted by molar-refractivity contribution is -0.134. The van der Waals surface area contributed by atoms with Crippen LogP contribution < -0.4 is 10.6 Å². The van der Waals surface area contributed by atoms with Crippen LogP contribution in [0.3, 0.4) is 0 Å². The van der Waals surface area contributed by atoms with Crippen molar-refractivity contribution in [1.29, 1.82) is 0 Å². The van der Waals surface area contributed by atoms with Crippen molar-refractivity contribution in [3.05, 3.63) is 35.4 Å². The van der Waals surface area contributed by atoms with Gasteiger partial charge in [-0.1, -0.05) is 18.2 Å². The van der Waals surface area contributed by atoms with Crippen LogP contribution in [-0.4, -0.2) is 43.8 Å². The third-order valence-corrected chi connectivity index (χ3v) is 4.62. The summed E-state index contributed by atoms with van der Waals surface area (Å²) in [6, 6.07) is 7.12. The van der Waals surface area contributed by atoms with Crippen LogP contribution in [0.4, 0.5) is 0 Å². The smallest absolute Gasteiger partial charge is 0.252 e. The second kappa shape index (κ2) is 7.32. The second-order valence-corrected chi connectivity index (χ2v) is 6.37. The zero-order valence-electron chi connectivity index (χ0n) is 14.0. The number of ether oxygens (including phenoxy) is 2. The van der Waals surface area contributed by atoms with E-state index in [2.05, 4.69) is 10.6 Å². The quantitative estimate of drug-likeness (QED) is 0.829. The maximum atomic E-state index is 12.3. The van der Waals surface area contributed by atoms with Gasteiger partial charge < -0.3 is 20.1 Å². The average Bonchev–Trinajstić information content (AvgIpc) is 2.91. The number of nitrogens with one attached hydrogen (secondary N) is 2. The van der Waals surface area contributed by atoms with Crippen molar-refractivity contribution in [2.75, 3.05) is 26.4 Å². The average molecular weight is 332 g/mol. The molecule has 24 heavy (non-hydrogen) atoms. The Hall–Kier alpha value is -1.92. The Morgan fingerprint density at radius 3 is 3.04 bits per heavy atom. The Morgan fingerprint density at radius 1 is 1.46 bits per heavy atom. The minimum Gasteiger partial charge on any atom is -0.378 e. The first-order valence-electron chi connectivity index (χ1n) is 8.52. The summed E-state index contributed by atoms with van der Waals surface area (Å²) >= 11 is 0. The van der Waals surface area contributed by atoms with Crippen molar-refractivity contribution < 1.29 is 19.1 Å². The molecular formula is C18H24N2O4. The van der Waals surface area contributed by atoms with Gasteiger partial charge in [-0.15, -0.1) is 0 Å². The maximum absolute atomic E-state index is 12.3. The van der Waals surface area contributed by atoms with E-state index in [-0.39, 0.29) is 24.3 Å². The summed E-state index contributed by atoms with van der Waals surface area (Å²) in [4.78, 5) is 24.3. The molecule has 1 aromatic carbocycles. The Kier molecular flexibility index (Phi) is 5.16. The van der Waals surface area contributed by atoms with Crippen molar-refractivity contribution in [1.82, 2.24) is 10.6 Å². The predicted octanol–water partition coefficient (Wildman–Crippen LogP) is 1.56. The molecule has 0 aliphatic carbocycles. The van der Waals surface area contributed by atoms with E-state index >= 15 is 0 Å². The van der Waals surface area contributed by atoms with Crippen molar-refractivity contribution in [3.63, 3.8) is 0 Å². The highest BCUT2D eigenvalue weighted by Gasteiger charge is 2.35. The number of hydrogen-bond donors (Lipinski definition) is 2. The van der Waals surface area contributed by atoms with Gasteiger partial charge in [0.1, 0.15) is 5.60 Å². The van der Waals surface area contributed by atoms with Crippen LogP contribution in [0.2, 0.25) is 0 Å². The third kappa shape index (κ3) is 3.60. The number of hydrogen-bond acceptors (Lipinski definition) is 4. The molecule has 0 saturated carbocycles. The molecule has 0 bridgehead atoms. The number of fused-ring (bicyclic) bond motifs is 1. The van der Waals surface area contributed by atoms with Crippen LogP contribution >= 0.6 is 0 Å². The summed E-state index contributed by atoms with van der Waals surface area (Å²) in [6.45, 7) is 4.22. The highest BCUT2D eigenvalue weighted by molar-refractivity contribution is 5.99. The zero-order chi connectivity index (χ0) is 17.0. The summed E-state index contributed by atoms with van der Waals surface area (Å²) in [5, 5.41) is 5.82. The molecule has 0 radical (unpaired) electrons. The van der Waals surface area contributed by atoms with Gasteiger partial charge in [-0.3, -0.25) is 9.59 Å². The molecule has 2 unspecified atom stereocenters. The SMILES string of the molecule is CCOC1(CNC(=O)CC2NC(=O)c3ccccc32)CCCOC1. The van der Waals surface area contributed by atoms with Crippen LogP contribution in [0.15, 0.2) is 24.3 Å². The molecule has 130 valence electrons. The molecule has 1 saturated heterocycles. The maximum Gasteiger partial charge on any atom is 0.252 e. The van der Waals surface area contributed by atoms with Gasteiger partial charge >= 0.3 is 0 Å². The molecule has 2 atom stereocenters. The molecule has 2 aliphatic heterocycles. The van der Waals surface area contributed by atoms with Gasteiger partial charge in [0.15, 0.2) is 0 Å². The highest BCUT2D eigenvalue weighted by Crippen LogP contribution is 2.28. The van der Waals surface area contributed by atoms with Crippen LogP contribution in [-0.2, 0) is 14.3 Å². The molecule has 1 fully saturated rings. The Bertz CT molecular complexity index is 605. The van der Waals surface area contributed by atoms with Gasteiger partial charge in [0.05, 0.1) is 19.1 Å². The van der Waals surface area contributed by atoms with E-state index < -0.39 is 5.60 Å². The van der Waals surface area contributed by atoms with Crippen molar-refractivity contribution in [2.45, 2.75) is 37.8 Å². The molecule has 6 nitrogen and oxygen atoms in total. The van der Waals surface area contributed by atoms with Crippen molar-refractivity contribution >= 4 is 11.8 Å². The Balaban J connectivity index is 1.57. The molecule has 0 spiro atoms. The number of carbonyl (C=O) groups is 2. The molecule has 3 rings (SSSR count). The lowest BCUT2D eigenvalue weighted by Gasteiger charge is -2.36. The fourth-order valence-corrected chi connectivity index (χ4v) is 3.44. The van der Waals surface area contributed by atoms with E-state index in [9.17, 15) is 9.59 Å². The van der Waals surface area contributed by atoms with Crippen LogP contribution in [0, 0.1) is 0 Å². The predicted molar refractivity (Wildman–Crippen MR) is 88.7 cm³/mol. The first-order valence-corrected chi connectivity index (χ1v) is 8.52. The lowest BCUT2D eigenvalue weighted by atomic mass is 9.96. The summed E-state index contributed by atoms with van der Waals surface area (Å²) in [6.07, 6.45) is 2.04.